The second-order valence-electron chi connectivity index (χ2n) is 3.23. The largest absolute Gasteiger partial charge is 0.361 e. The van der Waals surface area contributed by atoms with E-state index in [9.17, 15) is 0 Å². The van der Waals surface area contributed by atoms with Gasteiger partial charge in [-0.2, -0.15) is 10.1 Å². The van der Waals surface area contributed by atoms with Gasteiger partial charge in [0.2, 0.25) is 5.28 Å². The van der Waals surface area contributed by atoms with E-state index in [4.69, 9.17) is 11.6 Å². The molecule has 0 radical (unpaired) electrons. The maximum Gasteiger partial charge on any atom is 0.244 e. The molecule has 0 spiro atoms. The fourth-order valence-electron chi connectivity index (χ4n) is 1.28. The van der Waals surface area contributed by atoms with Crippen LogP contribution in [-0.4, -0.2) is 20.2 Å². The molecule has 1 atom stereocenters. The Labute approximate surface area is 97.9 Å². The summed E-state index contributed by atoms with van der Waals surface area (Å²) in [6.45, 7) is 1.98. The Morgan fingerprint density at radius 3 is 2.94 bits per heavy atom. The lowest BCUT2D eigenvalue weighted by molar-refractivity contribution is 0.823. The van der Waals surface area contributed by atoms with E-state index in [2.05, 4.69) is 25.5 Å². The summed E-state index contributed by atoms with van der Waals surface area (Å²) in [6.07, 6.45) is 3.27. The van der Waals surface area contributed by atoms with Crippen LogP contribution in [0.25, 0.3) is 0 Å². The summed E-state index contributed by atoms with van der Waals surface area (Å²) in [5.41, 5.74) is 0.928. The summed E-state index contributed by atoms with van der Waals surface area (Å²) in [6, 6.07) is 5.79. The van der Waals surface area contributed by atoms with Crippen molar-refractivity contribution in [1.82, 2.24) is 20.2 Å². The van der Waals surface area contributed by atoms with Gasteiger partial charge in [-0.25, -0.2) is 0 Å². The Balaban J connectivity index is 2.11. The first-order valence-electron chi connectivity index (χ1n) is 4.78. The lowest BCUT2D eigenvalue weighted by Gasteiger charge is -2.12. The molecule has 0 aliphatic heterocycles. The van der Waals surface area contributed by atoms with Crippen LogP contribution in [0, 0.1) is 0 Å². The van der Waals surface area contributed by atoms with Crippen molar-refractivity contribution >= 4 is 17.4 Å². The van der Waals surface area contributed by atoms with E-state index in [1.165, 1.54) is 6.20 Å². The molecule has 0 saturated heterocycles. The van der Waals surface area contributed by atoms with Crippen molar-refractivity contribution < 1.29 is 0 Å². The Morgan fingerprint density at radius 2 is 2.25 bits per heavy atom. The molecule has 1 N–H and O–H groups in total. The van der Waals surface area contributed by atoms with Gasteiger partial charge in [0, 0.05) is 6.20 Å². The third-order valence-corrected chi connectivity index (χ3v) is 2.19. The van der Waals surface area contributed by atoms with Crippen molar-refractivity contribution in [1.29, 1.82) is 0 Å². The monoisotopic (exact) mass is 235 g/mol. The van der Waals surface area contributed by atoms with Crippen molar-refractivity contribution in [2.45, 2.75) is 13.0 Å². The molecule has 16 heavy (non-hydrogen) atoms. The predicted octanol–water partition coefficient (Wildman–Crippen LogP) is 2.09. The maximum absolute atomic E-state index is 5.63. The van der Waals surface area contributed by atoms with Gasteiger partial charge in [0.15, 0.2) is 0 Å². The topological polar surface area (TPSA) is 63.6 Å². The molecular formula is C10H10ClN5. The summed E-state index contributed by atoms with van der Waals surface area (Å²) < 4.78 is 0. The molecule has 82 valence electrons. The van der Waals surface area contributed by atoms with E-state index in [1.54, 1.807) is 6.20 Å². The molecule has 0 aliphatic carbocycles. The minimum atomic E-state index is 0.0361. The number of anilines is 1. The highest BCUT2D eigenvalue weighted by Gasteiger charge is 2.07. The average molecular weight is 236 g/mol. The van der Waals surface area contributed by atoms with E-state index in [-0.39, 0.29) is 11.3 Å². The van der Waals surface area contributed by atoms with Crippen LogP contribution in [-0.2, 0) is 0 Å². The first kappa shape index (κ1) is 10.8. The van der Waals surface area contributed by atoms with Crippen molar-refractivity contribution in [3.63, 3.8) is 0 Å². The number of hydrogen-bond acceptors (Lipinski definition) is 5. The van der Waals surface area contributed by atoms with Crippen LogP contribution in [0.4, 0.5) is 5.82 Å². The van der Waals surface area contributed by atoms with Gasteiger partial charge in [0.1, 0.15) is 5.82 Å². The Bertz CT molecular complexity index is 462. The maximum atomic E-state index is 5.63. The molecule has 0 bridgehead atoms. The van der Waals surface area contributed by atoms with E-state index < -0.39 is 0 Å². The fourth-order valence-corrected chi connectivity index (χ4v) is 1.41. The van der Waals surface area contributed by atoms with Crippen LogP contribution in [0.1, 0.15) is 18.7 Å². The van der Waals surface area contributed by atoms with Crippen LogP contribution >= 0.6 is 11.6 Å². The van der Waals surface area contributed by atoms with Gasteiger partial charge < -0.3 is 5.32 Å². The molecule has 2 aromatic heterocycles. The number of aromatic nitrogens is 4. The lowest BCUT2D eigenvalue weighted by atomic mass is 10.2. The van der Waals surface area contributed by atoms with Gasteiger partial charge in [0.05, 0.1) is 17.9 Å². The quantitative estimate of drug-likeness (QED) is 0.883. The summed E-state index contributed by atoms with van der Waals surface area (Å²) >= 11 is 5.63. The van der Waals surface area contributed by atoms with E-state index >= 15 is 0 Å². The fraction of sp³-hybridized carbons (Fsp3) is 0.200. The minimum Gasteiger partial charge on any atom is -0.361 e. The van der Waals surface area contributed by atoms with E-state index in [0.29, 0.717) is 5.82 Å². The standard InChI is InChI=1S/C10H10ClN5/c1-7(8-4-2-3-5-12-8)14-9-6-13-16-10(11)15-9/h2-7H,1H3,(H,14,15,16). The summed E-state index contributed by atoms with van der Waals surface area (Å²) in [7, 11) is 0. The number of nitrogens with zero attached hydrogens (tertiary/aromatic N) is 4. The minimum absolute atomic E-state index is 0.0361. The Morgan fingerprint density at radius 1 is 1.38 bits per heavy atom. The molecule has 0 amide bonds. The number of rotatable bonds is 3. The molecule has 5 nitrogen and oxygen atoms in total. The van der Waals surface area contributed by atoms with Gasteiger partial charge in [-0.1, -0.05) is 6.07 Å². The van der Waals surface area contributed by atoms with Gasteiger partial charge in [-0.3, -0.25) is 4.98 Å². The van der Waals surface area contributed by atoms with E-state index in [0.717, 1.165) is 5.69 Å². The number of halogens is 1. The molecule has 0 aliphatic rings. The smallest absolute Gasteiger partial charge is 0.244 e. The molecule has 6 heteroatoms. The number of pyridine rings is 1. The molecule has 0 aromatic carbocycles. The summed E-state index contributed by atoms with van der Waals surface area (Å²) in [5, 5.41) is 10.5. The second-order valence-corrected chi connectivity index (χ2v) is 3.57. The zero-order valence-corrected chi connectivity index (χ0v) is 9.39. The third-order valence-electron chi connectivity index (χ3n) is 2.03. The highest BCUT2D eigenvalue weighted by molar-refractivity contribution is 6.28. The van der Waals surface area contributed by atoms with Gasteiger partial charge in [-0.15, -0.1) is 5.10 Å². The van der Waals surface area contributed by atoms with Crippen LogP contribution in [0.15, 0.2) is 30.6 Å². The molecule has 2 aromatic rings. The molecule has 0 fully saturated rings. The summed E-state index contributed by atoms with van der Waals surface area (Å²) in [5.74, 6) is 0.582. The Hall–Kier alpha value is -1.75. The number of hydrogen-bond donors (Lipinski definition) is 1. The van der Waals surface area contributed by atoms with Gasteiger partial charge in [0.25, 0.3) is 0 Å². The highest BCUT2D eigenvalue weighted by atomic mass is 35.5. The zero-order chi connectivity index (χ0) is 11.4. The molecule has 1 unspecified atom stereocenters. The van der Waals surface area contributed by atoms with Crippen molar-refractivity contribution in [2.75, 3.05) is 5.32 Å². The zero-order valence-electron chi connectivity index (χ0n) is 8.63. The molecular weight excluding hydrogens is 226 g/mol. The van der Waals surface area contributed by atoms with E-state index in [1.807, 2.05) is 25.1 Å². The lowest BCUT2D eigenvalue weighted by Crippen LogP contribution is -2.10. The second kappa shape index (κ2) is 4.85. The van der Waals surface area contributed by atoms with Crippen molar-refractivity contribution in [3.05, 3.63) is 41.6 Å². The van der Waals surface area contributed by atoms with Crippen LogP contribution < -0.4 is 5.32 Å². The highest BCUT2D eigenvalue weighted by Crippen LogP contribution is 2.15. The first-order valence-corrected chi connectivity index (χ1v) is 5.16. The number of nitrogens with one attached hydrogen (secondary N) is 1. The van der Waals surface area contributed by atoms with Crippen molar-refractivity contribution in [2.24, 2.45) is 0 Å². The molecule has 2 heterocycles. The molecule has 2 rings (SSSR count). The van der Waals surface area contributed by atoms with Gasteiger partial charge in [-0.05, 0) is 30.7 Å². The predicted molar refractivity (Wildman–Crippen MR) is 61.1 cm³/mol. The average Bonchev–Trinajstić information content (AvgIpc) is 2.30. The Kier molecular flexibility index (Phi) is 3.26. The van der Waals surface area contributed by atoms with Crippen LogP contribution in [0.3, 0.4) is 0 Å². The van der Waals surface area contributed by atoms with Crippen molar-refractivity contribution in [3.8, 4) is 0 Å². The SMILES string of the molecule is CC(Nc1cnnc(Cl)n1)c1ccccn1. The third kappa shape index (κ3) is 2.64. The summed E-state index contributed by atoms with van der Waals surface area (Å²) in [4.78, 5) is 8.23. The first-order chi connectivity index (χ1) is 7.75. The van der Waals surface area contributed by atoms with Crippen LogP contribution in [0.2, 0.25) is 5.28 Å². The van der Waals surface area contributed by atoms with Gasteiger partial charge >= 0.3 is 0 Å². The van der Waals surface area contributed by atoms with Crippen LogP contribution in [0.5, 0.6) is 0 Å². The molecule has 0 saturated carbocycles. The normalized spacial score (nSPS) is 12.1.